The monoisotopic (exact) mass is 220 g/mol. The zero-order chi connectivity index (χ0) is 12.0. The minimum atomic E-state index is -0.428. The molecule has 1 aromatic rings. The summed E-state index contributed by atoms with van der Waals surface area (Å²) in [6, 6.07) is 9.45. The first-order valence-electron chi connectivity index (χ1n) is 5.77. The van der Waals surface area contributed by atoms with Gasteiger partial charge in [0.05, 0.1) is 6.04 Å². The molecule has 2 N–H and O–H groups in total. The minimum Gasteiger partial charge on any atom is -0.342 e. The second-order valence-electron chi connectivity index (χ2n) is 3.81. The molecule has 1 rings (SSSR count). The molecule has 0 saturated heterocycles. The summed E-state index contributed by atoms with van der Waals surface area (Å²) in [6.07, 6.45) is 0.607. The Bertz CT molecular complexity index is 320. The fourth-order valence-electron chi connectivity index (χ4n) is 1.73. The van der Waals surface area contributed by atoms with E-state index in [1.165, 1.54) is 0 Å². The number of rotatable bonds is 5. The van der Waals surface area contributed by atoms with Crippen LogP contribution in [0.5, 0.6) is 0 Å². The third kappa shape index (κ3) is 3.35. The molecule has 0 spiro atoms. The van der Waals surface area contributed by atoms with Gasteiger partial charge in [0.2, 0.25) is 5.91 Å². The van der Waals surface area contributed by atoms with Crippen molar-refractivity contribution in [3.05, 3.63) is 35.9 Å². The van der Waals surface area contributed by atoms with Crippen LogP contribution >= 0.6 is 0 Å². The largest absolute Gasteiger partial charge is 0.342 e. The average Bonchev–Trinajstić information content (AvgIpc) is 2.31. The van der Waals surface area contributed by atoms with Crippen LogP contribution in [-0.2, 0) is 11.2 Å². The molecule has 0 fully saturated rings. The molecule has 1 atom stereocenters. The Hall–Kier alpha value is -1.35. The van der Waals surface area contributed by atoms with Crippen molar-refractivity contribution in [2.24, 2.45) is 5.73 Å². The molecule has 1 aromatic carbocycles. The van der Waals surface area contributed by atoms with E-state index < -0.39 is 6.04 Å². The molecule has 0 aliphatic rings. The Labute approximate surface area is 97.2 Å². The van der Waals surface area contributed by atoms with E-state index in [1.54, 1.807) is 4.90 Å². The lowest BCUT2D eigenvalue weighted by Gasteiger charge is -2.22. The molecule has 0 aromatic heterocycles. The third-order valence-corrected chi connectivity index (χ3v) is 2.69. The van der Waals surface area contributed by atoms with Crippen molar-refractivity contribution in [1.29, 1.82) is 0 Å². The van der Waals surface area contributed by atoms with Crippen molar-refractivity contribution in [2.45, 2.75) is 26.3 Å². The van der Waals surface area contributed by atoms with Gasteiger partial charge in [-0.15, -0.1) is 0 Å². The van der Waals surface area contributed by atoms with Gasteiger partial charge in [0.1, 0.15) is 0 Å². The Morgan fingerprint density at radius 1 is 1.25 bits per heavy atom. The van der Waals surface area contributed by atoms with Crippen molar-refractivity contribution in [3.63, 3.8) is 0 Å². The van der Waals surface area contributed by atoms with Crippen molar-refractivity contribution in [3.8, 4) is 0 Å². The molecular formula is C13H20N2O. The number of carbonyl (C=O) groups excluding carboxylic acids is 1. The Morgan fingerprint density at radius 2 is 1.81 bits per heavy atom. The van der Waals surface area contributed by atoms with E-state index in [0.29, 0.717) is 6.42 Å². The molecule has 0 unspecified atom stereocenters. The molecule has 0 aliphatic heterocycles. The number of likely N-dealkylation sites (N-methyl/N-ethyl adjacent to an activating group) is 1. The summed E-state index contributed by atoms with van der Waals surface area (Å²) in [5.74, 6) is 0.0360. The molecule has 0 saturated carbocycles. The standard InChI is InChI=1S/C13H20N2O/c1-3-15(4-2)13(16)12(14)10-11-8-6-5-7-9-11/h5-9,12H,3-4,10,14H2,1-2H3/t12-/m0/s1. The van der Waals surface area contributed by atoms with Crippen molar-refractivity contribution in [2.75, 3.05) is 13.1 Å². The van der Waals surface area contributed by atoms with E-state index >= 15 is 0 Å². The first-order chi connectivity index (χ1) is 7.69. The Kier molecular flexibility index (Phi) is 4.99. The van der Waals surface area contributed by atoms with Gasteiger partial charge in [0.25, 0.3) is 0 Å². The number of hydrogen-bond acceptors (Lipinski definition) is 2. The van der Waals surface area contributed by atoms with Gasteiger partial charge < -0.3 is 10.6 Å². The van der Waals surface area contributed by atoms with Crippen LogP contribution in [0.25, 0.3) is 0 Å². The van der Waals surface area contributed by atoms with Crippen LogP contribution in [0.2, 0.25) is 0 Å². The maximum Gasteiger partial charge on any atom is 0.239 e. The highest BCUT2D eigenvalue weighted by Crippen LogP contribution is 2.04. The maximum absolute atomic E-state index is 11.9. The highest BCUT2D eigenvalue weighted by atomic mass is 16.2. The van der Waals surface area contributed by atoms with Gasteiger partial charge in [0.15, 0.2) is 0 Å². The third-order valence-electron chi connectivity index (χ3n) is 2.69. The predicted molar refractivity (Wildman–Crippen MR) is 66.0 cm³/mol. The van der Waals surface area contributed by atoms with Gasteiger partial charge in [-0.05, 0) is 25.8 Å². The van der Waals surface area contributed by atoms with Crippen molar-refractivity contribution in [1.82, 2.24) is 4.90 Å². The normalized spacial score (nSPS) is 12.2. The Morgan fingerprint density at radius 3 is 2.31 bits per heavy atom. The number of amides is 1. The van der Waals surface area contributed by atoms with E-state index in [-0.39, 0.29) is 5.91 Å². The first-order valence-corrected chi connectivity index (χ1v) is 5.77. The summed E-state index contributed by atoms with van der Waals surface area (Å²) in [4.78, 5) is 13.7. The fraction of sp³-hybridized carbons (Fsp3) is 0.462. The molecule has 0 bridgehead atoms. The summed E-state index contributed by atoms with van der Waals surface area (Å²) >= 11 is 0. The number of benzene rings is 1. The van der Waals surface area contributed by atoms with Gasteiger partial charge in [-0.3, -0.25) is 4.79 Å². The summed E-state index contributed by atoms with van der Waals surface area (Å²) in [7, 11) is 0. The van der Waals surface area contributed by atoms with E-state index in [0.717, 1.165) is 18.7 Å². The van der Waals surface area contributed by atoms with Crippen molar-refractivity contribution >= 4 is 5.91 Å². The summed E-state index contributed by atoms with van der Waals surface area (Å²) in [5.41, 5.74) is 7.02. The zero-order valence-electron chi connectivity index (χ0n) is 10.0. The molecule has 1 amide bonds. The average molecular weight is 220 g/mol. The lowest BCUT2D eigenvalue weighted by Crippen LogP contribution is -2.44. The summed E-state index contributed by atoms with van der Waals surface area (Å²) < 4.78 is 0. The van der Waals surface area contributed by atoms with Crippen LogP contribution in [0.3, 0.4) is 0 Å². The van der Waals surface area contributed by atoms with E-state index in [1.807, 2.05) is 44.2 Å². The lowest BCUT2D eigenvalue weighted by atomic mass is 10.1. The Balaban J connectivity index is 2.58. The molecule has 3 nitrogen and oxygen atoms in total. The smallest absolute Gasteiger partial charge is 0.239 e. The number of carbonyl (C=O) groups is 1. The van der Waals surface area contributed by atoms with Crippen LogP contribution in [0.4, 0.5) is 0 Å². The van der Waals surface area contributed by atoms with Crippen LogP contribution < -0.4 is 5.73 Å². The zero-order valence-corrected chi connectivity index (χ0v) is 10.0. The van der Waals surface area contributed by atoms with E-state index in [4.69, 9.17) is 5.73 Å². The van der Waals surface area contributed by atoms with Gasteiger partial charge in [-0.25, -0.2) is 0 Å². The van der Waals surface area contributed by atoms with E-state index in [9.17, 15) is 4.79 Å². The topological polar surface area (TPSA) is 46.3 Å². The molecule has 0 heterocycles. The molecule has 88 valence electrons. The second kappa shape index (κ2) is 6.28. The number of nitrogens with two attached hydrogens (primary N) is 1. The number of hydrogen-bond donors (Lipinski definition) is 1. The van der Waals surface area contributed by atoms with Gasteiger partial charge in [-0.1, -0.05) is 30.3 Å². The van der Waals surface area contributed by atoms with Gasteiger partial charge >= 0.3 is 0 Å². The van der Waals surface area contributed by atoms with Crippen LogP contribution in [0.1, 0.15) is 19.4 Å². The molecular weight excluding hydrogens is 200 g/mol. The predicted octanol–water partition coefficient (Wildman–Crippen LogP) is 1.42. The minimum absolute atomic E-state index is 0.0360. The molecule has 0 aliphatic carbocycles. The maximum atomic E-state index is 11.9. The molecule has 3 heteroatoms. The molecule has 16 heavy (non-hydrogen) atoms. The highest BCUT2D eigenvalue weighted by molar-refractivity contribution is 5.81. The van der Waals surface area contributed by atoms with Crippen LogP contribution in [0.15, 0.2) is 30.3 Å². The lowest BCUT2D eigenvalue weighted by molar-refractivity contribution is -0.132. The first kappa shape index (κ1) is 12.7. The van der Waals surface area contributed by atoms with Crippen molar-refractivity contribution < 1.29 is 4.79 Å². The van der Waals surface area contributed by atoms with Gasteiger partial charge in [-0.2, -0.15) is 0 Å². The SMILES string of the molecule is CCN(CC)C(=O)[C@@H](N)Cc1ccccc1. The number of nitrogens with zero attached hydrogens (tertiary/aromatic N) is 1. The fourth-order valence-corrected chi connectivity index (χ4v) is 1.73. The van der Waals surface area contributed by atoms with Crippen LogP contribution in [-0.4, -0.2) is 29.9 Å². The molecule has 0 radical (unpaired) electrons. The quantitative estimate of drug-likeness (QED) is 0.816. The van der Waals surface area contributed by atoms with Crippen LogP contribution in [0, 0.1) is 0 Å². The summed E-state index contributed by atoms with van der Waals surface area (Å²) in [5, 5.41) is 0. The highest BCUT2D eigenvalue weighted by Gasteiger charge is 2.18. The van der Waals surface area contributed by atoms with E-state index in [2.05, 4.69) is 0 Å². The van der Waals surface area contributed by atoms with Gasteiger partial charge in [0, 0.05) is 13.1 Å². The summed E-state index contributed by atoms with van der Waals surface area (Å²) in [6.45, 7) is 5.38. The second-order valence-corrected chi connectivity index (χ2v) is 3.81.